The van der Waals surface area contributed by atoms with Gasteiger partial charge >= 0.3 is 0 Å². The molecule has 142 valence electrons. The lowest BCUT2D eigenvalue weighted by Gasteiger charge is -2.35. The molecule has 0 atom stereocenters. The van der Waals surface area contributed by atoms with Crippen molar-refractivity contribution < 1.29 is 19.1 Å². The van der Waals surface area contributed by atoms with Gasteiger partial charge in [0.2, 0.25) is 0 Å². The number of hydrogen-bond donors (Lipinski definition) is 0. The van der Waals surface area contributed by atoms with Crippen LogP contribution in [0, 0.1) is 0 Å². The van der Waals surface area contributed by atoms with Gasteiger partial charge in [0.1, 0.15) is 11.5 Å². The first-order chi connectivity index (χ1) is 13.1. The summed E-state index contributed by atoms with van der Waals surface area (Å²) in [4.78, 5) is 28.5. The van der Waals surface area contributed by atoms with Crippen molar-refractivity contribution in [2.75, 3.05) is 39.9 Å². The third kappa shape index (κ3) is 4.71. The molecule has 6 nitrogen and oxygen atoms in total. The molecule has 2 amide bonds. The van der Waals surface area contributed by atoms with Crippen LogP contribution in [0.3, 0.4) is 0 Å². The molecular weight excluding hydrogens is 368 g/mol. The molecule has 0 unspecified atom stereocenters. The highest BCUT2D eigenvalue weighted by Gasteiger charge is 2.26. The predicted octanol–water partition coefficient (Wildman–Crippen LogP) is 2.71. The minimum absolute atomic E-state index is 0.0138. The zero-order chi connectivity index (χ0) is 19.2. The fourth-order valence-corrected chi connectivity index (χ4v) is 3.10. The number of piperazine rings is 1. The van der Waals surface area contributed by atoms with Gasteiger partial charge in [-0.25, -0.2) is 0 Å². The maximum Gasteiger partial charge on any atom is 0.260 e. The van der Waals surface area contributed by atoms with Crippen LogP contribution in [-0.4, -0.2) is 61.5 Å². The molecule has 1 fully saturated rings. The number of para-hydroxylation sites is 1. The van der Waals surface area contributed by atoms with Crippen LogP contribution >= 0.6 is 11.6 Å². The molecule has 27 heavy (non-hydrogen) atoms. The Morgan fingerprint density at radius 1 is 1.00 bits per heavy atom. The highest BCUT2D eigenvalue weighted by Crippen LogP contribution is 2.24. The highest BCUT2D eigenvalue weighted by atomic mass is 35.5. The highest BCUT2D eigenvalue weighted by molar-refractivity contribution is 6.31. The van der Waals surface area contributed by atoms with E-state index < -0.39 is 0 Å². The largest absolute Gasteiger partial charge is 0.496 e. The molecule has 2 aromatic rings. The Morgan fingerprint density at radius 3 is 2.33 bits per heavy atom. The van der Waals surface area contributed by atoms with Crippen LogP contribution in [-0.2, 0) is 4.79 Å². The summed E-state index contributed by atoms with van der Waals surface area (Å²) in [5, 5.41) is 0.478. The summed E-state index contributed by atoms with van der Waals surface area (Å²) < 4.78 is 10.8. The van der Waals surface area contributed by atoms with Gasteiger partial charge < -0.3 is 19.3 Å². The molecule has 1 aliphatic heterocycles. The van der Waals surface area contributed by atoms with Gasteiger partial charge in [-0.15, -0.1) is 0 Å². The second kappa shape index (κ2) is 8.77. The SMILES string of the molecule is COc1ccc(Cl)cc1C(=O)N1CCN(C(=O)COc2ccccc2)CC1. The van der Waals surface area contributed by atoms with Crippen molar-refractivity contribution in [3.05, 3.63) is 59.1 Å². The number of carbonyl (C=O) groups excluding carboxylic acids is 2. The molecule has 3 rings (SSSR count). The van der Waals surface area contributed by atoms with E-state index in [1.807, 2.05) is 30.3 Å². The number of methoxy groups -OCH3 is 1. The lowest BCUT2D eigenvalue weighted by Crippen LogP contribution is -2.51. The number of ether oxygens (including phenoxy) is 2. The molecule has 7 heteroatoms. The summed E-state index contributed by atoms with van der Waals surface area (Å²) in [5.41, 5.74) is 0.428. The summed E-state index contributed by atoms with van der Waals surface area (Å²) in [6, 6.07) is 14.2. The van der Waals surface area contributed by atoms with E-state index in [1.54, 1.807) is 28.0 Å². The molecule has 1 aliphatic rings. The van der Waals surface area contributed by atoms with Crippen molar-refractivity contribution in [1.29, 1.82) is 0 Å². The van der Waals surface area contributed by atoms with Crippen molar-refractivity contribution in [3.8, 4) is 11.5 Å². The molecule has 2 aromatic carbocycles. The Balaban J connectivity index is 1.54. The molecule has 0 aliphatic carbocycles. The number of hydrogen-bond acceptors (Lipinski definition) is 4. The van der Waals surface area contributed by atoms with E-state index in [9.17, 15) is 9.59 Å². The number of amides is 2. The van der Waals surface area contributed by atoms with Gasteiger partial charge in [0.05, 0.1) is 12.7 Å². The molecule has 0 radical (unpaired) electrons. The van der Waals surface area contributed by atoms with Gasteiger partial charge in [0, 0.05) is 31.2 Å². The summed E-state index contributed by atoms with van der Waals surface area (Å²) in [6.45, 7) is 1.81. The lowest BCUT2D eigenvalue weighted by molar-refractivity contribution is -0.134. The molecule has 0 aromatic heterocycles. The maximum absolute atomic E-state index is 12.8. The molecule has 1 saturated heterocycles. The van der Waals surface area contributed by atoms with Crippen LogP contribution in [0.25, 0.3) is 0 Å². The maximum atomic E-state index is 12.8. The van der Waals surface area contributed by atoms with Gasteiger partial charge in [-0.1, -0.05) is 29.8 Å². The van der Waals surface area contributed by atoms with E-state index in [0.29, 0.717) is 48.3 Å². The number of nitrogens with zero attached hydrogens (tertiary/aromatic N) is 2. The van der Waals surface area contributed by atoms with Gasteiger partial charge in [-0.3, -0.25) is 9.59 Å². The van der Waals surface area contributed by atoms with E-state index in [2.05, 4.69) is 0 Å². The molecule has 1 heterocycles. The quantitative estimate of drug-likeness (QED) is 0.790. The summed E-state index contributed by atoms with van der Waals surface area (Å²) in [7, 11) is 1.52. The Hall–Kier alpha value is -2.73. The zero-order valence-corrected chi connectivity index (χ0v) is 15.8. The van der Waals surface area contributed by atoms with E-state index in [-0.39, 0.29) is 18.4 Å². The Labute approximate surface area is 163 Å². The number of carbonyl (C=O) groups is 2. The molecule has 0 spiro atoms. The number of rotatable bonds is 5. The van der Waals surface area contributed by atoms with Crippen LogP contribution in [0.5, 0.6) is 11.5 Å². The third-order valence-electron chi connectivity index (χ3n) is 4.42. The lowest BCUT2D eigenvalue weighted by atomic mass is 10.1. The van der Waals surface area contributed by atoms with Crippen molar-refractivity contribution in [2.24, 2.45) is 0 Å². The van der Waals surface area contributed by atoms with Crippen molar-refractivity contribution in [2.45, 2.75) is 0 Å². The number of halogens is 1. The molecule has 0 saturated carbocycles. The standard InChI is InChI=1S/C20H21ClN2O4/c1-26-18-8-7-15(21)13-17(18)20(25)23-11-9-22(10-12-23)19(24)14-27-16-5-3-2-4-6-16/h2-8,13H,9-12,14H2,1H3. The van der Waals surface area contributed by atoms with E-state index in [1.165, 1.54) is 7.11 Å². The Kier molecular flexibility index (Phi) is 6.19. The first-order valence-electron chi connectivity index (χ1n) is 8.67. The number of benzene rings is 2. The minimum atomic E-state index is -0.151. The normalized spacial score (nSPS) is 14.0. The first-order valence-corrected chi connectivity index (χ1v) is 9.04. The van der Waals surface area contributed by atoms with Crippen LogP contribution in [0.2, 0.25) is 5.02 Å². The fourth-order valence-electron chi connectivity index (χ4n) is 2.93. The molecule has 0 bridgehead atoms. The van der Waals surface area contributed by atoms with Gasteiger partial charge in [-0.2, -0.15) is 0 Å². The average Bonchev–Trinajstić information content (AvgIpc) is 2.72. The smallest absolute Gasteiger partial charge is 0.260 e. The second-order valence-electron chi connectivity index (χ2n) is 6.12. The van der Waals surface area contributed by atoms with E-state index in [0.717, 1.165) is 0 Å². The van der Waals surface area contributed by atoms with Crippen LogP contribution < -0.4 is 9.47 Å². The monoisotopic (exact) mass is 388 g/mol. The van der Waals surface area contributed by atoms with E-state index >= 15 is 0 Å². The molecule has 0 N–H and O–H groups in total. The third-order valence-corrected chi connectivity index (χ3v) is 4.65. The summed E-state index contributed by atoms with van der Waals surface area (Å²) >= 11 is 6.01. The first kappa shape index (κ1) is 19.0. The van der Waals surface area contributed by atoms with Crippen molar-refractivity contribution >= 4 is 23.4 Å². The topological polar surface area (TPSA) is 59.1 Å². The Morgan fingerprint density at radius 2 is 1.67 bits per heavy atom. The minimum Gasteiger partial charge on any atom is -0.496 e. The average molecular weight is 389 g/mol. The second-order valence-corrected chi connectivity index (χ2v) is 6.56. The Bertz CT molecular complexity index is 805. The van der Waals surface area contributed by atoms with Crippen molar-refractivity contribution in [1.82, 2.24) is 9.80 Å². The van der Waals surface area contributed by atoms with Crippen LogP contribution in [0.4, 0.5) is 0 Å². The van der Waals surface area contributed by atoms with Gasteiger partial charge in [-0.05, 0) is 30.3 Å². The summed E-state index contributed by atoms with van der Waals surface area (Å²) in [5.74, 6) is 0.903. The van der Waals surface area contributed by atoms with Crippen molar-refractivity contribution in [3.63, 3.8) is 0 Å². The van der Waals surface area contributed by atoms with Gasteiger partial charge in [0.25, 0.3) is 11.8 Å². The predicted molar refractivity (Wildman–Crippen MR) is 102 cm³/mol. The van der Waals surface area contributed by atoms with Gasteiger partial charge in [0.15, 0.2) is 6.61 Å². The van der Waals surface area contributed by atoms with Crippen LogP contribution in [0.15, 0.2) is 48.5 Å². The summed E-state index contributed by atoms with van der Waals surface area (Å²) in [6.07, 6.45) is 0. The fraction of sp³-hybridized carbons (Fsp3) is 0.300. The van der Waals surface area contributed by atoms with Crippen LogP contribution in [0.1, 0.15) is 10.4 Å². The molecular formula is C20H21ClN2O4. The zero-order valence-electron chi connectivity index (χ0n) is 15.1. The van der Waals surface area contributed by atoms with E-state index in [4.69, 9.17) is 21.1 Å².